The average molecular weight is 482 g/mol. The van der Waals surface area contributed by atoms with E-state index in [1.165, 1.54) is 6.33 Å². The van der Waals surface area contributed by atoms with Crippen LogP contribution < -0.4 is 11.1 Å². The van der Waals surface area contributed by atoms with Gasteiger partial charge in [-0.15, -0.1) is 23.7 Å². The Bertz CT molecular complexity index is 1280. The van der Waals surface area contributed by atoms with Gasteiger partial charge in [-0.25, -0.2) is 9.97 Å². The van der Waals surface area contributed by atoms with Gasteiger partial charge in [-0.2, -0.15) is 0 Å². The van der Waals surface area contributed by atoms with Crippen molar-refractivity contribution in [3.05, 3.63) is 66.5 Å². The average Bonchev–Trinajstić information content (AvgIpc) is 3.42. The fourth-order valence-corrected chi connectivity index (χ4v) is 5.21. The zero-order valence-corrected chi connectivity index (χ0v) is 19.4. The number of amides is 1. The normalized spacial score (nSPS) is 15.9. The third kappa shape index (κ3) is 4.93. The lowest BCUT2D eigenvalue weighted by molar-refractivity contribution is -0.122. The Hall–Kier alpha value is -3.20. The minimum Gasteiger partial charge on any atom is -0.508 e. The van der Waals surface area contributed by atoms with E-state index in [-0.39, 0.29) is 30.1 Å². The monoisotopic (exact) mass is 481 g/mol. The lowest BCUT2D eigenvalue weighted by Gasteiger charge is -2.21. The highest BCUT2D eigenvalue weighted by molar-refractivity contribution is 7.22. The van der Waals surface area contributed by atoms with Gasteiger partial charge in [-0.1, -0.05) is 30.3 Å². The largest absolute Gasteiger partial charge is 0.508 e. The van der Waals surface area contributed by atoms with Crippen LogP contribution in [-0.4, -0.2) is 38.5 Å². The van der Waals surface area contributed by atoms with Gasteiger partial charge in [0.05, 0.1) is 16.3 Å². The molecule has 0 spiro atoms. The summed E-state index contributed by atoms with van der Waals surface area (Å²) in [6, 6.07) is 17.3. The van der Waals surface area contributed by atoms with Crippen LogP contribution in [0.1, 0.15) is 18.4 Å². The number of thiophene rings is 1. The second-order valence-corrected chi connectivity index (χ2v) is 9.00. The first-order chi connectivity index (χ1) is 15.6. The summed E-state index contributed by atoms with van der Waals surface area (Å²) in [4.78, 5) is 23.7. The van der Waals surface area contributed by atoms with Gasteiger partial charge in [-0.05, 0) is 48.7 Å². The summed E-state index contributed by atoms with van der Waals surface area (Å²) in [5, 5.41) is 13.0. The van der Waals surface area contributed by atoms with Crippen molar-refractivity contribution in [2.24, 2.45) is 5.73 Å². The highest BCUT2D eigenvalue weighted by atomic mass is 35.5. The van der Waals surface area contributed by atoms with E-state index in [1.807, 2.05) is 6.07 Å². The van der Waals surface area contributed by atoms with Crippen LogP contribution in [0.25, 0.3) is 20.7 Å². The number of nitrogens with two attached hydrogens (primary N) is 1. The number of anilines is 2. The van der Waals surface area contributed by atoms with Gasteiger partial charge in [0.2, 0.25) is 5.91 Å². The van der Waals surface area contributed by atoms with E-state index in [0.717, 1.165) is 57.8 Å². The van der Waals surface area contributed by atoms with Crippen molar-refractivity contribution in [3.63, 3.8) is 0 Å². The van der Waals surface area contributed by atoms with Gasteiger partial charge in [0.15, 0.2) is 5.82 Å². The molecule has 1 aliphatic rings. The lowest BCUT2D eigenvalue weighted by atomic mass is 10.1. The van der Waals surface area contributed by atoms with Crippen molar-refractivity contribution in [2.75, 3.05) is 11.9 Å². The number of hydrogen-bond acceptors (Lipinski definition) is 7. The fourth-order valence-electron chi connectivity index (χ4n) is 4.15. The standard InChI is InChI=1S/C24H23N5O2S.ClH/c25-23(31)20-5-2-10-29(20)13-15-6-8-16(9-7-15)21-12-19-22(32-21)24(27-14-26-19)28-17-3-1-4-18(30)11-17;/h1,3-4,6-9,11-12,14,20,30H,2,5,10,13H2,(H2,25,31)(H,26,27,28);1H. The van der Waals surface area contributed by atoms with Crippen LogP contribution >= 0.6 is 23.7 Å². The van der Waals surface area contributed by atoms with E-state index in [2.05, 4.69) is 50.5 Å². The summed E-state index contributed by atoms with van der Waals surface area (Å²) in [5.41, 5.74) is 9.44. The van der Waals surface area contributed by atoms with Gasteiger partial charge in [0.25, 0.3) is 0 Å². The van der Waals surface area contributed by atoms with Crippen LogP contribution in [-0.2, 0) is 11.3 Å². The Morgan fingerprint density at radius 3 is 2.76 bits per heavy atom. The molecule has 33 heavy (non-hydrogen) atoms. The van der Waals surface area contributed by atoms with Crippen molar-refractivity contribution in [1.82, 2.24) is 14.9 Å². The van der Waals surface area contributed by atoms with E-state index in [1.54, 1.807) is 29.5 Å². The first kappa shape index (κ1) is 23.0. The molecule has 4 aromatic rings. The smallest absolute Gasteiger partial charge is 0.234 e. The second kappa shape index (κ2) is 9.74. The first-order valence-electron chi connectivity index (χ1n) is 10.5. The predicted octanol–water partition coefficient (Wildman–Crippen LogP) is 4.68. The number of phenolic OH excluding ortho intramolecular Hbond substituents is 1. The molecule has 2 aromatic heterocycles. The van der Waals surface area contributed by atoms with Gasteiger partial charge in [0, 0.05) is 23.2 Å². The minimum atomic E-state index is -0.236. The van der Waals surface area contributed by atoms with Crippen LogP contribution in [0.2, 0.25) is 0 Å². The molecule has 0 saturated carbocycles. The van der Waals surface area contributed by atoms with Gasteiger partial charge < -0.3 is 16.2 Å². The zero-order chi connectivity index (χ0) is 22.1. The summed E-state index contributed by atoms with van der Waals surface area (Å²) < 4.78 is 0.955. The number of primary amides is 1. The molecule has 1 saturated heterocycles. The number of phenols is 1. The molecule has 5 rings (SSSR count). The molecular formula is C24H24ClN5O2S. The summed E-state index contributed by atoms with van der Waals surface area (Å²) >= 11 is 1.62. The summed E-state index contributed by atoms with van der Waals surface area (Å²) in [5.74, 6) is 0.670. The highest BCUT2D eigenvalue weighted by Gasteiger charge is 2.28. The Morgan fingerprint density at radius 2 is 2.00 bits per heavy atom. The highest BCUT2D eigenvalue weighted by Crippen LogP contribution is 2.37. The maximum Gasteiger partial charge on any atom is 0.234 e. The lowest BCUT2D eigenvalue weighted by Crippen LogP contribution is -2.39. The predicted molar refractivity (Wildman–Crippen MR) is 134 cm³/mol. The number of nitrogens with one attached hydrogen (secondary N) is 1. The van der Waals surface area contributed by atoms with Crippen LogP contribution in [0.4, 0.5) is 11.5 Å². The van der Waals surface area contributed by atoms with Crippen LogP contribution in [0.15, 0.2) is 60.9 Å². The van der Waals surface area contributed by atoms with Crippen LogP contribution in [0.5, 0.6) is 5.75 Å². The number of aromatic nitrogens is 2. The fraction of sp³-hybridized carbons (Fsp3) is 0.208. The maximum absolute atomic E-state index is 11.6. The number of benzene rings is 2. The molecule has 170 valence electrons. The van der Waals surface area contributed by atoms with Crippen molar-refractivity contribution in [1.29, 1.82) is 0 Å². The molecule has 1 aliphatic heterocycles. The van der Waals surface area contributed by atoms with Crippen LogP contribution in [0.3, 0.4) is 0 Å². The van der Waals surface area contributed by atoms with Crippen molar-refractivity contribution < 1.29 is 9.90 Å². The maximum atomic E-state index is 11.6. The number of nitrogens with zero attached hydrogens (tertiary/aromatic N) is 3. The SMILES string of the molecule is Cl.NC(=O)C1CCCN1Cc1ccc(-c2cc3ncnc(Nc4cccc(O)c4)c3s2)cc1. The third-order valence-corrected chi connectivity index (χ3v) is 6.92. The summed E-state index contributed by atoms with van der Waals surface area (Å²) in [7, 11) is 0. The molecule has 1 fully saturated rings. The molecular weight excluding hydrogens is 458 g/mol. The van der Waals surface area contributed by atoms with Crippen molar-refractivity contribution >= 4 is 51.4 Å². The minimum absolute atomic E-state index is 0. The van der Waals surface area contributed by atoms with Gasteiger partial charge >= 0.3 is 0 Å². The Morgan fingerprint density at radius 1 is 1.18 bits per heavy atom. The number of fused-ring (bicyclic) bond motifs is 1. The Labute approximate surface area is 201 Å². The first-order valence-corrected chi connectivity index (χ1v) is 11.3. The number of carbonyl (C=O) groups is 1. The van der Waals surface area contributed by atoms with E-state index >= 15 is 0 Å². The summed E-state index contributed by atoms with van der Waals surface area (Å²) in [6.45, 7) is 1.63. The number of hydrogen-bond donors (Lipinski definition) is 3. The van der Waals surface area contributed by atoms with Crippen LogP contribution in [0, 0.1) is 0 Å². The quantitative estimate of drug-likeness (QED) is 0.369. The molecule has 1 unspecified atom stereocenters. The number of rotatable bonds is 6. The van der Waals surface area contributed by atoms with E-state index in [9.17, 15) is 9.90 Å². The molecule has 4 N–H and O–H groups in total. The molecule has 1 atom stereocenters. The zero-order valence-electron chi connectivity index (χ0n) is 17.8. The molecule has 1 amide bonds. The van der Waals surface area contributed by atoms with Gasteiger partial charge in [0.1, 0.15) is 12.1 Å². The second-order valence-electron chi connectivity index (χ2n) is 7.95. The molecule has 2 aromatic carbocycles. The number of likely N-dealkylation sites (tertiary alicyclic amines) is 1. The van der Waals surface area contributed by atoms with E-state index in [4.69, 9.17) is 5.73 Å². The number of carbonyl (C=O) groups excluding carboxylic acids is 1. The third-order valence-electron chi connectivity index (χ3n) is 5.74. The van der Waals surface area contributed by atoms with Crippen molar-refractivity contribution in [2.45, 2.75) is 25.4 Å². The molecule has 0 aliphatic carbocycles. The summed E-state index contributed by atoms with van der Waals surface area (Å²) in [6.07, 6.45) is 3.39. The topological polar surface area (TPSA) is 104 Å². The van der Waals surface area contributed by atoms with Crippen molar-refractivity contribution in [3.8, 4) is 16.2 Å². The molecule has 3 heterocycles. The molecule has 0 bridgehead atoms. The molecule has 7 nitrogen and oxygen atoms in total. The molecule has 9 heteroatoms. The van der Waals surface area contributed by atoms with E-state index in [0.29, 0.717) is 5.82 Å². The number of aromatic hydroxyl groups is 1. The Kier molecular flexibility index (Phi) is 6.78. The van der Waals surface area contributed by atoms with E-state index < -0.39 is 0 Å². The Balaban J connectivity index is 0.00000259. The number of halogens is 1. The van der Waals surface area contributed by atoms with Gasteiger partial charge in [-0.3, -0.25) is 9.69 Å². The molecule has 0 radical (unpaired) electrons.